The number of nitrogens with zero attached hydrogens (tertiary/aromatic N) is 1. The summed E-state index contributed by atoms with van der Waals surface area (Å²) in [6.07, 6.45) is 9.20. The van der Waals surface area contributed by atoms with E-state index in [9.17, 15) is 0 Å². The third-order valence-electron chi connectivity index (χ3n) is 7.21. The first kappa shape index (κ1) is 17.3. The lowest BCUT2D eigenvalue weighted by atomic mass is 9.67. The molecule has 0 radical (unpaired) electrons. The van der Waals surface area contributed by atoms with Crippen molar-refractivity contribution in [1.82, 2.24) is 4.90 Å². The predicted octanol–water partition coefficient (Wildman–Crippen LogP) is 4.43. The molecule has 2 heteroatoms. The minimum Gasteiger partial charge on any atom is -0.326 e. The number of rotatable bonds is 4. The van der Waals surface area contributed by atoms with E-state index in [1.54, 1.807) is 0 Å². The molecule has 124 valence electrons. The van der Waals surface area contributed by atoms with Crippen molar-refractivity contribution in [3.8, 4) is 0 Å². The summed E-state index contributed by atoms with van der Waals surface area (Å²) in [6.45, 7) is 14.6. The second-order valence-corrected chi connectivity index (χ2v) is 8.78. The van der Waals surface area contributed by atoms with Crippen molar-refractivity contribution in [2.45, 2.75) is 91.6 Å². The molecule has 1 heterocycles. The first-order valence-electron chi connectivity index (χ1n) is 9.31. The molecular weight excluding hydrogens is 256 g/mol. The Balaban J connectivity index is 1.98. The fourth-order valence-electron chi connectivity index (χ4n) is 4.34. The molecule has 2 nitrogen and oxygen atoms in total. The Hall–Kier alpha value is -0.0800. The maximum absolute atomic E-state index is 6.52. The smallest absolute Gasteiger partial charge is 0.0250 e. The highest BCUT2D eigenvalue weighted by Crippen LogP contribution is 2.43. The fourth-order valence-corrected chi connectivity index (χ4v) is 4.34. The molecule has 1 aliphatic carbocycles. The van der Waals surface area contributed by atoms with Gasteiger partial charge in [-0.05, 0) is 61.9 Å². The third-order valence-corrected chi connectivity index (χ3v) is 7.21. The van der Waals surface area contributed by atoms with E-state index < -0.39 is 0 Å². The first-order valence-corrected chi connectivity index (χ1v) is 9.31. The summed E-state index contributed by atoms with van der Waals surface area (Å²) in [7, 11) is 0. The van der Waals surface area contributed by atoms with Crippen molar-refractivity contribution in [1.29, 1.82) is 0 Å². The van der Waals surface area contributed by atoms with E-state index in [4.69, 9.17) is 5.73 Å². The number of hydrogen-bond donors (Lipinski definition) is 1. The van der Waals surface area contributed by atoms with Gasteiger partial charge in [-0.2, -0.15) is 0 Å². The molecule has 3 unspecified atom stereocenters. The van der Waals surface area contributed by atoms with Gasteiger partial charge in [-0.1, -0.05) is 47.5 Å². The lowest BCUT2D eigenvalue weighted by molar-refractivity contribution is 0.0220. The maximum Gasteiger partial charge on any atom is 0.0250 e. The van der Waals surface area contributed by atoms with Crippen LogP contribution in [-0.2, 0) is 0 Å². The summed E-state index contributed by atoms with van der Waals surface area (Å²) in [5, 5.41) is 0. The Kier molecular flexibility index (Phi) is 5.41. The van der Waals surface area contributed by atoms with Gasteiger partial charge >= 0.3 is 0 Å². The number of nitrogens with two attached hydrogens (primary N) is 1. The van der Waals surface area contributed by atoms with Crippen LogP contribution in [-0.4, -0.2) is 30.1 Å². The van der Waals surface area contributed by atoms with Gasteiger partial charge in [0.15, 0.2) is 0 Å². The van der Waals surface area contributed by atoms with Crippen LogP contribution in [0.2, 0.25) is 0 Å². The van der Waals surface area contributed by atoms with Gasteiger partial charge in [-0.15, -0.1) is 0 Å². The molecule has 2 aliphatic rings. The van der Waals surface area contributed by atoms with Crippen molar-refractivity contribution in [2.75, 3.05) is 13.1 Å². The highest BCUT2D eigenvalue weighted by molar-refractivity contribution is 4.95. The molecule has 1 aliphatic heterocycles. The van der Waals surface area contributed by atoms with Crippen molar-refractivity contribution in [3.63, 3.8) is 0 Å². The minimum absolute atomic E-state index is 0.403. The Morgan fingerprint density at radius 3 is 2.29 bits per heavy atom. The molecule has 0 spiro atoms. The van der Waals surface area contributed by atoms with E-state index in [1.165, 1.54) is 58.0 Å². The van der Waals surface area contributed by atoms with Crippen molar-refractivity contribution < 1.29 is 0 Å². The van der Waals surface area contributed by atoms with Crippen LogP contribution in [0.5, 0.6) is 0 Å². The molecule has 21 heavy (non-hydrogen) atoms. The summed E-state index contributed by atoms with van der Waals surface area (Å²) in [4.78, 5) is 2.74. The van der Waals surface area contributed by atoms with Gasteiger partial charge < -0.3 is 5.73 Å². The van der Waals surface area contributed by atoms with Crippen molar-refractivity contribution >= 4 is 0 Å². The normalized spacial score (nSPS) is 34.9. The van der Waals surface area contributed by atoms with E-state index in [2.05, 4.69) is 39.5 Å². The molecule has 1 saturated carbocycles. The van der Waals surface area contributed by atoms with Crippen LogP contribution in [0.15, 0.2) is 0 Å². The highest BCUT2D eigenvalue weighted by Gasteiger charge is 2.40. The molecule has 0 aromatic heterocycles. The molecule has 2 N–H and O–H groups in total. The van der Waals surface area contributed by atoms with Crippen LogP contribution < -0.4 is 5.73 Å². The Morgan fingerprint density at radius 1 is 1.14 bits per heavy atom. The third kappa shape index (κ3) is 3.82. The molecule has 0 amide bonds. The van der Waals surface area contributed by atoms with Gasteiger partial charge in [0.2, 0.25) is 0 Å². The molecule has 0 aromatic rings. The van der Waals surface area contributed by atoms with Crippen LogP contribution in [0.25, 0.3) is 0 Å². The second kappa shape index (κ2) is 6.58. The lowest BCUT2D eigenvalue weighted by Crippen LogP contribution is -2.55. The van der Waals surface area contributed by atoms with E-state index in [0.717, 1.165) is 5.92 Å². The van der Waals surface area contributed by atoms with Crippen LogP contribution in [0.3, 0.4) is 0 Å². The van der Waals surface area contributed by atoms with Crippen LogP contribution in [0.1, 0.15) is 79.6 Å². The summed E-state index contributed by atoms with van der Waals surface area (Å²) < 4.78 is 0. The molecular formula is C19H38N2. The van der Waals surface area contributed by atoms with Gasteiger partial charge in [-0.3, -0.25) is 4.90 Å². The number of piperidine rings is 1. The summed E-state index contributed by atoms with van der Waals surface area (Å²) in [6, 6.07) is 1.04. The zero-order chi connectivity index (χ0) is 15.7. The molecule has 2 rings (SSSR count). The molecule has 1 saturated heterocycles. The SMILES string of the molecule is CCC1(C)CCN(C2CC(C(C)(C)CC)CCC2N)CC1. The van der Waals surface area contributed by atoms with E-state index >= 15 is 0 Å². The average molecular weight is 295 g/mol. The summed E-state index contributed by atoms with van der Waals surface area (Å²) in [5.74, 6) is 0.854. The Labute approximate surface area is 132 Å². The van der Waals surface area contributed by atoms with Gasteiger partial charge in [-0.25, -0.2) is 0 Å². The maximum atomic E-state index is 6.52. The molecule has 3 atom stereocenters. The van der Waals surface area contributed by atoms with E-state index in [1.807, 2.05) is 0 Å². The lowest BCUT2D eigenvalue weighted by Gasteiger charge is -2.49. The second-order valence-electron chi connectivity index (χ2n) is 8.78. The number of likely N-dealkylation sites (tertiary alicyclic amines) is 1. The number of hydrogen-bond acceptors (Lipinski definition) is 2. The summed E-state index contributed by atoms with van der Waals surface area (Å²) >= 11 is 0. The zero-order valence-corrected chi connectivity index (χ0v) is 15.1. The molecule has 0 aromatic carbocycles. The van der Waals surface area contributed by atoms with Gasteiger partial charge in [0, 0.05) is 12.1 Å². The van der Waals surface area contributed by atoms with Gasteiger partial charge in [0.1, 0.15) is 0 Å². The van der Waals surface area contributed by atoms with Crippen molar-refractivity contribution in [3.05, 3.63) is 0 Å². The first-order chi connectivity index (χ1) is 9.81. The van der Waals surface area contributed by atoms with Crippen LogP contribution >= 0.6 is 0 Å². The fraction of sp³-hybridized carbons (Fsp3) is 1.00. The topological polar surface area (TPSA) is 29.3 Å². The van der Waals surface area contributed by atoms with Gasteiger partial charge in [0.05, 0.1) is 0 Å². The van der Waals surface area contributed by atoms with E-state index in [0.29, 0.717) is 22.9 Å². The van der Waals surface area contributed by atoms with Crippen LogP contribution in [0.4, 0.5) is 0 Å². The Morgan fingerprint density at radius 2 is 1.76 bits per heavy atom. The summed E-state index contributed by atoms with van der Waals surface area (Å²) in [5.41, 5.74) is 7.57. The highest BCUT2D eigenvalue weighted by atomic mass is 15.2. The predicted molar refractivity (Wildman–Crippen MR) is 92.4 cm³/mol. The van der Waals surface area contributed by atoms with Crippen molar-refractivity contribution in [2.24, 2.45) is 22.5 Å². The standard InChI is InChI=1S/C19H38N2/c1-6-18(3,4)15-8-9-16(20)17(14-15)21-12-10-19(5,7-2)11-13-21/h15-17H,6-14,20H2,1-5H3. The van der Waals surface area contributed by atoms with Crippen LogP contribution in [0, 0.1) is 16.7 Å². The molecule has 0 bridgehead atoms. The quantitative estimate of drug-likeness (QED) is 0.831. The largest absolute Gasteiger partial charge is 0.326 e. The molecule has 2 fully saturated rings. The average Bonchev–Trinajstić information content (AvgIpc) is 2.48. The van der Waals surface area contributed by atoms with Gasteiger partial charge in [0.25, 0.3) is 0 Å². The monoisotopic (exact) mass is 294 g/mol. The zero-order valence-electron chi connectivity index (χ0n) is 15.1. The Bertz CT molecular complexity index is 328. The van der Waals surface area contributed by atoms with E-state index in [-0.39, 0.29) is 0 Å². The minimum atomic E-state index is 0.403.